The average Bonchev–Trinajstić information content (AvgIpc) is 2.62. The molecule has 1 aromatic carbocycles. The number of aromatic nitrogens is 2. The number of carbonyl (C=O) groups is 1. The molecule has 4 N–H and O–H groups in total. The summed E-state index contributed by atoms with van der Waals surface area (Å²) < 4.78 is 0.785. The van der Waals surface area contributed by atoms with Crippen LogP contribution in [-0.4, -0.2) is 27.3 Å². The number of halogens is 1. The van der Waals surface area contributed by atoms with Gasteiger partial charge in [-0.05, 0) is 21.5 Å². The minimum absolute atomic E-state index is 0.268. The number of H-pyrrole nitrogens is 1. The molecule has 0 saturated heterocycles. The lowest BCUT2D eigenvalue weighted by Crippen LogP contribution is -2.32. The minimum atomic E-state index is -1.01. The third-order valence-corrected chi connectivity index (χ3v) is 2.98. The number of hydrogen-bond acceptors (Lipinski definition) is 3. The summed E-state index contributed by atoms with van der Waals surface area (Å²) in [4.78, 5) is 10.7. The van der Waals surface area contributed by atoms with Crippen LogP contribution in [0, 0.1) is 0 Å². The van der Waals surface area contributed by atoms with Crippen molar-refractivity contribution in [1.29, 1.82) is 0 Å². The van der Waals surface area contributed by atoms with E-state index in [0.29, 0.717) is 0 Å². The second-order valence-corrected chi connectivity index (χ2v) is 4.29. The second kappa shape index (κ2) is 4.23. The number of carboxylic acids is 1. The van der Waals surface area contributed by atoms with Crippen molar-refractivity contribution in [2.45, 2.75) is 12.5 Å². The van der Waals surface area contributed by atoms with Crippen LogP contribution < -0.4 is 5.73 Å². The molecule has 0 saturated carbocycles. The maximum absolute atomic E-state index is 10.7. The van der Waals surface area contributed by atoms with Crippen molar-refractivity contribution in [3.8, 4) is 0 Å². The molecule has 0 bridgehead atoms. The van der Waals surface area contributed by atoms with Gasteiger partial charge in [0.05, 0.1) is 5.52 Å². The summed E-state index contributed by atoms with van der Waals surface area (Å²) in [6.45, 7) is 0. The molecule has 0 radical (unpaired) electrons. The molecule has 5 nitrogen and oxygen atoms in total. The van der Waals surface area contributed by atoms with E-state index < -0.39 is 12.0 Å². The number of nitrogens with one attached hydrogen (secondary N) is 1. The van der Waals surface area contributed by atoms with E-state index in [4.69, 9.17) is 10.8 Å². The molecule has 2 rings (SSSR count). The average molecular weight is 284 g/mol. The molecule has 0 aliphatic rings. The van der Waals surface area contributed by atoms with E-state index >= 15 is 0 Å². The van der Waals surface area contributed by atoms with Crippen molar-refractivity contribution in [3.05, 3.63) is 28.4 Å². The van der Waals surface area contributed by atoms with Crippen LogP contribution in [0.25, 0.3) is 10.9 Å². The molecular formula is C10H10BrN3O2. The third-order valence-electron chi connectivity index (χ3n) is 2.38. The summed E-state index contributed by atoms with van der Waals surface area (Å²) in [6, 6.07) is 4.69. The lowest BCUT2D eigenvalue weighted by atomic mass is 10.0. The fourth-order valence-electron chi connectivity index (χ4n) is 1.55. The molecule has 0 spiro atoms. The standard InChI is InChI=1S/C10H10BrN3O2/c11-9-6-3-1-2-5(8(6)13-14-9)4-7(12)10(15)16/h1-3,7H,4,12H2,(H,13,14)(H,15,16). The van der Waals surface area contributed by atoms with E-state index in [1.165, 1.54) is 0 Å². The number of rotatable bonds is 3. The highest BCUT2D eigenvalue weighted by Gasteiger charge is 2.15. The lowest BCUT2D eigenvalue weighted by Gasteiger charge is -2.06. The van der Waals surface area contributed by atoms with Gasteiger partial charge in [0, 0.05) is 11.8 Å². The molecule has 2 aromatic rings. The first-order valence-electron chi connectivity index (χ1n) is 4.69. The van der Waals surface area contributed by atoms with Gasteiger partial charge in [-0.2, -0.15) is 5.10 Å². The molecule has 1 atom stereocenters. The fraction of sp³-hybridized carbons (Fsp3) is 0.200. The highest BCUT2D eigenvalue weighted by molar-refractivity contribution is 9.10. The highest BCUT2D eigenvalue weighted by atomic mass is 79.9. The van der Waals surface area contributed by atoms with Crippen molar-refractivity contribution < 1.29 is 9.90 Å². The Morgan fingerprint density at radius 1 is 1.62 bits per heavy atom. The first kappa shape index (κ1) is 11.1. The maximum Gasteiger partial charge on any atom is 0.320 e. The van der Waals surface area contributed by atoms with Gasteiger partial charge >= 0.3 is 5.97 Å². The number of carboxylic acid groups (broad SMARTS) is 1. The van der Waals surface area contributed by atoms with Gasteiger partial charge in [0.2, 0.25) is 0 Å². The topological polar surface area (TPSA) is 92.0 Å². The van der Waals surface area contributed by atoms with Crippen LogP contribution in [0.15, 0.2) is 22.8 Å². The Morgan fingerprint density at radius 3 is 3.06 bits per heavy atom. The Bertz CT molecular complexity index is 538. The normalized spacial score (nSPS) is 12.9. The number of fused-ring (bicyclic) bond motifs is 1. The van der Waals surface area contributed by atoms with Crippen LogP contribution >= 0.6 is 15.9 Å². The lowest BCUT2D eigenvalue weighted by molar-refractivity contribution is -0.138. The third kappa shape index (κ3) is 1.94. The molecule has 1 aromatic heterocycles. The summed E-state index contributed by atoms with van der Waals surface area (Å²) in [7, 11) is 0. The highest BCUT2D eigenvalue weighted by Crippen LogP contribution is 2.24. The van der Waals surface area contributed by atoms with Crippen LogP contribution in [0.5, 0.6) is 0 Å². The zero-order valence-corrected chi connectivity index (χ0v) is 9.86. The predicted octanol–water partition coefficient (Wildman–Crippen LogP) is 1.28. The van der Waals surface area contributed by atoms with Crippen molar-refractivity contribution in [2.24, 2.45) is 5.73 Å². The summed E-state index contributed by atoms with van der Waals surface area (Å²) in [6.07, 6.45) is 0.268. The summed E-state index contributed by atoms with van der Waals surface area (Å²) in [5, 5.41) is 16.6. The van der Waals surface area contributed by atoms with Crippen LogP contribution in [-0.2, 0) is 11.2 Å². The number of aromatic amines is 1. The number of nitrogens with zero attached hydrogens (tertiary/aromatic N) is 1. The van der Waals surface area contributed by atoms with Gasteiger partial charge in [-0.1, -0.05) is 18.2 Å². The quantitative estimate of drug-likeness (QED) is 0.791. The molecule has 0 aliphatic heterocycles. The summed E-state index contributed by atoms with van der Waals surface area (Å²) in [5.74, 6) is -1.01. The Labute approximate surface area is 99.8 Å². The summed E-state index contributed by atoms with van der Waals surface area (Å²) in [5.41, 5.74) is 7.08. The monoisotopic (exact) mass is 283 g/mol. The molecule has 0 aliphatic carbocycles. The van der Waals surface area contributed by atoms with E-state index in [2.05, 4.69) is 26.1 Å². The number of hydrogen-bond donors (Lipinski definition) is 3. The fourth-order valence-corrected chi connectivity index (χ4v) is 1.96. The first-order chi connectivity index (χ1) is 7.59. The Balaban J connectivity index is 2.41. The van der Waals surface area contributed by atoms with E-state index in [1.807, 2.05) is 18.2 Å². The molecule has 6 heteroatoms. The number of benzene rings is 1. The zero-order valence-electron chi connectivity index (χ0n) is 8.27. The number of para-hydroxylation sites is 1. The molecule has 1 heterocycles. The van der Waals surface area contributed by atoms with E-state index in [-0.39, 0.29) is 6.42 Å². The van der Waals surface area contributed by atoms with Gasteiger partial charge in [0.25, 0.3) is 0 Å². The zero-order chi connectivity index (χ0) is 11.7. The van der Waals surface area contributed by atoms with Gasteiger partial charge < -0.3 is 10.8 Å². The van der Waals surface area contributed by atoms with Crippen LogP contribution in [0.2, 0.25) is 0 Å². The van der Waals surface area contributed by atoms with Gasteiger partial charge in [0.1, 0.15) is 10.6 Å². The first-order valence-corrected chi connectivity index (χ1v) is 5.48. The molecule has 0 amide bonds. The van der Waals surface area contributed by atoms with Gasteiger partial charge in [0.15, 0.2) is 0 Å². The van der Waals surface area contributed by atoms with Crippen molar-refractivity contribution in [1.82, 2.24) is 10.2 Å². The number of aliphatic carboxylic acids is 1. The van der Waals surface area contributed by atoms with Gasteiger partial charge in [-0.3, -0.25) is 9.89 Å². The maximum atomic E-state index is 10.7. The smallest absolute Gasteiger partial charge is 0.320 e. The predicted molar refractivity (Wildman–Crippen MR) is 63.1 cm³/mol. The van der Waals surface area contributed by atoms with Crippen molar-refractivity contribution in [3.63, 3.8) is 0 Å². The Morgan fingerprint density at radius 2 is 2.38 bits per heavy atom. The SMILES string of the molecule is NC(Cc1cccc2c(Br)[nH]nc12)C(=O)O. The molecule has 16 heavy (non-hydrogen) atoms. The van der Waals surface area contributed by atoms with E-state index in [1.54, 1.807) is 0 Å². The van der Waals surface area contributed by atoms with Crippen LogP contribution in [0.4, 0.5) is 0 Å². The van der Waals surface area contributed by atoms with Crippen LogP contribution in [0.3, 0.4) is 0 Å². The molecular weight excluding hydrogens is 274 g/mol. The van der Waals surface area contributed by atoms with Gasteiger partial charge in [-0.25, -0.2) is 0 Å². The second-order valence-electron chi connectivity index (χ2n) is 3.50. The minimum Gasteiger partial charge on any atom is -0.480 e. The largest absolute Gasteiger partial charge is 0.480 e. The Kier molecular flexibility index (Phi) is 2.93. The molecule has 1 unspecified atom stereocenters. The van der Waals surface area contributed by atoms with Crippen LogP contribution in [0.1, 0.15) is 5.56 Å². The van der Waals surface area contributed by atoms with Crippen molar-refractivity contribution >= 4 is 32.8 Å². The van der Waals surface area contributed by atoms with Crippen molar-refractivity contribution in [2.75, 3.05) is 0 Å². The molecule has 84 valence electrons. The molecule has 0 fully saturated rings. The summed E-state index contributed by atoms with van der Waals surface area (Å²) >= 11 is 3.33. The Hall–Kier alpha value is -1.40. The number of nitrogens with two attached hydrogens (primary N) is 1. The van der Waals surface area contributed by atoms with E-state index in [9.17, 15) is 4.79 Å². The van der Waals surface area contributed by atoms with Gasteiger partial charge in [-0.15, -0.1) is 0 Å². The van der Waals surface area contributed by atoms with E-state index in [0.717, 1.165) is 21.1 Å².